The zero-order valence-electron chi connectivity index (χ0n) is 24.3. The largest absolute Gasteiger partial charge is 0.508 e. The first-order chi connectivity index (χ1) is 18.3. The number of rotatable bonds is 14. The summed E-state index contributed by atoms with van der Waals surface area (Å²) in [6.07, 6.45) is 0.377. The van der Waals surface area contributed by atoms with Crippen LogP contribution in [-0.4, -0.2) is 48.7 Å². The van der Waals surface area contributed by atoms with Crippen LogP contribution >= 0.6 is 7.44 Å². The molecule has 9 nitrogen and oxygen atoms in total. The van der Waals surface area contributed by atoms with Crippen molar-refractivity contribution in [2.24, 2.45) is 0 Å². The predicted octanol–water partition coefficient (Wildman–Crippen LogP) is 5.34. The Morgan fingerprint density at radius 2 is 1.41 bits per heavy atom. The number of phenols is 1. The first-order valence-corrected chi connectivity index (χ1v) is 15.2. The molecule has 2 aromatic rings. The first kappa shape index (κ1) is 32.3. The maximum atomic E-state index is 13.8. The van der Waals surface area contributed by atoms with E-state index in [9.17, 15) is 19.3 Å². The molecule has 39 heavy (non-hydrogen) atoms. The zero-order valence-corrected chi connectivity index (χ0v) is 25.2. The van der Waals surface area contributed by atoms with Crippen molar-refractivity contribution in [1.82, 2.24) is 10.2 Å². The second-order valence-corrected chi connectivity index (χ2v) is 12.2. The topological polar surface area (TPSA) is 123 Å². The molecule has 2 aromatic carbocycles. The van der Waals surface area contributed by atoms with Gasteiger partial charge in [-0.05, 0) is 99.9 Å². The van der Waals surface area contributed by atoms with Crippen LogP contribution in [-0.2, 0) is 30.0 Å². The van der Waals surface area contributed by atoms with Gasteiger partial charge in [0.25, 0.3) is 0 Å². The number of phenolic OH excluding ortho intramolecular Hbond substituents is 1. The van der Waals surface area contributed by atoms with Gasteiger partial charge in [-0.15, -0.1) is 0 Å². The van der Waals surface area contributed by atoms with Crippen LogP contribution in [0.2, 0.25) is 0 Å². The standard InChI is InChI=1S/C29H43N2O7P/c1-9-36-28(33)21(7)30-39(35,31-22(8)29(34)37-10-2)17-38-24-13-19(5)26(20(6)14-24)16-23-11-12-27(32)25(15-23)18(3)4/h11-15,18,21-22,32H,9-10,16-17H2,1-8H3,(H2,30,31,35)/t21-,22-/m0/s1. The average molecular weight is 563 g/mol. The number of benzene rings is 2. The maximum absolute atomic E-state index is 13.8. The lowest BCUT2D eigenvalue weighted by atomic mass is 9.93. The molecule has 2 atom stereocenters. The Morgan fingerprint density at radius 3 is 1.87 bits per heavy atom. The molecular formula is C29H43N2O7P. The van der Waals surface area contributed by atoms with Gasteiger partial charge >= 0.3 is 11.9 Å². The van der Waals surface area contributed by atoms with E-state index >= 15 is 0 Å². The predicted molar refractivity (Wildman–Crippen MR) is 152 cm³/mol. The molecule has 10 heteroatoms. The third kappa shape index (κ3) is 9.38. The SMILES string of the molecule is CCOC(=O)[C@H](C)NP(=O)(COc1cc(C)c(Cc2ccc(O)c(C(C)C)c2)c(C)c1)N[C@@H](C)C(=O)OCC. The van der Waals surface area contributed by atoms with Gasteiger partial charge in [0, 0.05) is 0 Å². The number of ether oxygens (including phenoxy) is 3. The third-order valence-electron chi connectivity index (χ3n) is 6.26. The molecule has 0 spiro atoms. The summed E-state index contributed by atoms with van der Waals surface area (Å²) in [5.74, 6) is -0.104. The van der Waals surface area contributed by atoms with Crippen LogP contribution in [0, 0.1) is 13.8 Å². The lowest BCUT2D eigenvalue weighted by Crippen LogP contribution is -2.43. The molecule has 0 fully saturated rings. The highest BCUT2D eigenvalue weighted by Crippen LogP contribution is 2.39. The van der Waals surface area contributed by atoms with Crippen LogP contribution in [0.4, 0.5) is 0 Å². The molecule has 0 aromatic heterocycles. The number of aromatic hydroxyl groups is 1. The highest BCUT2D eigenvalue weighted by atomic mass is 31.2. The van der Waals surface area contributed by atoms with Crippen LogP contribution in [0.3, 0.4) is 0 Å². The van der Waals surface area contributed by atoms with Gasteiger partial charge in [-0.2, -0.15) is 0 Å². The zero-order chi connectivity index (χ0) is 29.3. The number of carbonyl (C=O) groups excluding carboxylic acids is 2. The van der Waals surface area contributed by atoms with Crippen molar-refractivity contribution in [2.75, 3.05) is 19.6 Å². The van der Waals surface area contributed by atoms with E-state index < -0.39 is 31.5 Å². The Kier molecular flexibility index (Phi) is 12.0. The molecule has 216 valence electrons. The van der Waals surface area contributed by atoms with Gasteiger partial charge < -0.3 is 19.3 Å². The van der Waals surface area contributed by atoms with Crippen molar-refractivity contribution >= 4 is 19.4 Å². The Labute approximate surface area is 232 Å². The van der Waals surface area contributed by atoms with Gasteiger partial charge in [0.15, 0.2) is 6.35 Å². The minimum atomic E-state index is -3.62. The van der Waals surface area contributed by atoms with Gasteiger partial charge in [0.2, 0.25) is 7.44 Å². The van der Waals surface area contributed by atoms with E-state index in [1.165, 1.54) is 0 Å². The molecule has 0 saturated carbocycles. The second kappa shape index (κ2) is 14.5. The quantitative estimate of drug-likeness (QED) is 0.207. The molecule has 0 radical (unpaired) electrons. The summed E-state index contributed by atoms with van der Waals surface area (Å²) in [4.78, 5) is 24.4. The van der Waals surface area contributed by atoms with E-state index in [4.69, 9.17) is 14.2 Å². The van der Waals surface area contributed by atoms with Crippen molar-refractivity contribution in [3.05, 3.63) is 58.1 Å². The third-order valence-corrected chi connectivity index (χ3v) is 8.36. The van der Waals surface area contributed by atoms with E-state index in [0.717, 1.165) is 27.8 Å². The van der Waals surface area contributed by atoms with E-state index in [2.05, 4.69) is 10.2 Å². The number of aryl methyl sites for hydroxylation is 2. The van der Waals surface area contributed by atoms with Crippen molar-refractivity contribution < 1.29 is 33.5 Å². The minimum absolute atomic E-state index is 0.187. The monoisotopic (exact) mass is 562 g/mol. The molecule has 0 saturated heterocycles. The van der Waals surface area contributed by atoms with Gasteiger partial charge in [-0.3, -0.25) is 14.2 Å². The highest BCUT2D eigenvalue weighted by molar-refractivity contribution is 7.59. The summed E-state index contributed by atoms with van der Waals surface area (Å²) in [5.41, 5.74) is 5.14. The van der Waals surface area contributed by atoms with Crippen molar-refractivity contribution in [3.63, 3.8) is 0 Å². The van der Waals surface area contributed by atoms with E-state index in [1.807, 2.05) is 52.0 Å². The second-order valence-electron chi connectivity index (χ2n) is 9.98. The smallest absolute Gasteiger partial charge is 0.323 e. The van der Waals surface area contributed by atoms with Gasteiger partial charge in [-0.25, -0.2) is 10.2 Å². The normalized spacial score (nSPS) is 13.2. The van der Waals surface area contributed by atoms with Crippen LogP contribution in [0.5, 0.6) is 11.5 Å². The molecule has 2 rings (SSSR count). The Balaban J connectivity index is 2.25. The minimum Gasteiger partial charge on any atom is -0.508 e. The van der Waals surface area contributed by atoms with Gasteiger partial charge in [0.1, 0.15) is 23.6 Å². The maximum Gasteiger partial charge on any atom is 0.323 e. The molecule has 0 aliphatic carbocycles. The fraction of sp³-hybridized carbons (Fsp3) is 0.517. The van der Waals surface area contributed by atoms with Gasteiger partial charge in [0.05, 0.1) is 13.2 Å². The Morgan fingerprint density at radius 1 is 0.897 bits per heavy atom. The van der Waals surface area contributed by atoms with Crippen molar-refractivity contribution in [3.8, 4) is 11.5 Å². The number of hydrogen-bond donors (Lipinski definition) is 3. The fourth-order valence-electron chi connectivity index (χ4n) is 4.24. The van der Waals surface area contributed by atoms with E-state index in [1.54, 1.807) is 33.8 Å². The van der Waals surface area contributed by atoms with Crippen molar-refractivity contribution in [1.29, 1.82) is 0 Å². The summed E-state index contributed by atoms with van der Waals surface area (Å²) in [6, 6.07) is 7.65. The molecule has 0 aliphatic rings. The van der Waals surface area contributed by atoms with Crippen molar-refractivity contribution in [2.45, 2.75) is 79.8 Å². The van der Waals surface area contributed by atoms with E-state index in [0.29, 0.717) is 17.9 Å². The molecule has 0 unspecified atom stereocenters. The van der Waals surface area contributed by atoms with Crippen LogP contribution < -0.4 is 14.9 Å². The molecule has 0 heterocycles. The molecular weight excluding hydrogens is 519 g/mol. The average Bonchev–Trinajstić information content (AvgIpc) is 2.86. The highest BCUT2D eigenvalue weighted by Gasteiger charge is 2.32. The summed E-state index contributed by atoms with van der Waals surface area (Å²) >= 11 is 0. The molecule has 0 amide bonds. The summed E-state index contributed by atoms with van der Waals surface area (Å²) in [6.45, 7) is 14.9. The lowest BCUT2D eigenvalue weighted by molar-refractivity contribution is -0.145. The lowest BCUT2D eigenvalue weighted by Gasteiger charge is -2.26. The van der Waals surface area contributed by atoms with Crippen LogP contribution in [0.15, 0.2) is 30.3 Å². The molecule has 0 aliphatic heterocycles. The van der Waals surface area contributed by atoms with E-state index in [-0.39, 0.29) is 25.5 Å². The van der Waals surface area contributed by atoms with Crippen LogP contribution in [0.1, 0.15) is 75.3 Å². The number of nitrogens with one attached hydrogen (secondary N) is 2. The van der Waals surface area contributed by atoms with Crippen LogP contribution in [0.25, 0.3) is 0 Å². The number of carbonyl (C=O) groups is 2. The Bertz CT molecular complexity index is 1150. The summed E-state index contributed by atoms with van der Waals surface area (Å²) in [7, 11) is -3.62. The number of esters is 2. The number of hydrogen-bond acceptors (Lipinski definition) is 7. The van der Waals surface area contributed by atoms with Gasteiger partial charge in [-0.1, -0.05) is 26.0 Å². The Hall–Kier alpha value is -2.87. The molecule has 3 N–H and O–H groups in total. The fourth-order valence-corrected chi connectivity index (χ4v) is 6.26. The summed E-state index contributed by atoms with van der Waals surface area (Å²) in [5, 5.41) is 15.7. The summed E-state index contributed by atoms with van der Waals surface area (Å²) < 4.78 is 29.8. The molecule has 0 bridgehead atoms. The first-order valence-electron chi connectivity index (χ1n) is 13.3.